The fraction of sp³-hybridized carbons (Fsp3) is 0.467. The van der Waals surface area contributed by atoms with E-state index < -0.39 is 17.4 Å². The highest BCUT2D eigenvalue weighted by Gasteiger charge is 2.47. The first kappa shape index (κ1) is 16.6. The smallest absolute Gasteiger partial charge is 0.323 e. The van der Waals surface area contributed by atoms with Gasteiger partial charge in [0.1, 0.15) is 0 Å². The van der Waals surface area contributed by atoms with Crippen molar-refractivity contribution in [2.45, 2.75) is 19.8 Å². The summed E-state index contributed by atoms with van der Waals surface area (Å²) in [4.78, 5) is 23.9. The summed E-state index contributed by atoms with van der Waals surface area (Å²) in [5.74, 6) is -1.17. The zero-order chi connectivity index (χ0) is 15.0. The number of hydrogen-bond donors (Lipinski definition) is 1. The first-order valence-electron chi connectivity index (χ1n) is 6.50. The van der Waals surface area contributed by atoms with Crippen LogP contribution in [0.25, 0.3) is 0 Å². The molecule has 110 valence electrons. The molecule has 0 heterocycles. The van der Waals surface area contributed by atoms with Crippen LogP contribution < -0.4 is 0 Å². The van der Waals surface area contributed by atoms with E-state index in [-0.39, 0.29) is 19.4 Å². The first-order chi connectivity index (χ1) is 9.56. The molecule has 0 amide bonds. The highest BCUT2D eigenvalue weighted by Crippen LogP contribution is 2.31. The van der Waals surface area contributed by atoms with E-state index in [9.17, 15) is 14.7 Å². The molecule has 4 nitrogen and oxygen atoms in total. The lowest BCUT2D eigenvalue weighted by atomic mass is 9.79. The first-order valence-corrected chi connectivity index (χ1v) is 7.89. The Hall–Kier alpha value is -1.49. The van der Waals surface area contributed by atoms with Gasteiger partial charge in [-0.3, -0.25) is 9.59 Å². The molecule has 0 radical (unpaired) electrons. The topological polar surface area (TPSA) is 63.6 Å². The van der Waals surface area contributed by atoms with E-state index in [1.165, 1.54) is 11.8 Å². The minimum absolute atomic E-state index is 0.155. The Morgan fingerprint density at radius 3 is 2.45 bits per heavy atom. The van der Waals surface area contributed by atoms with Gasteiger partial charge >= 0.3 is 11.9 Å². The number of aliphatic carboxylic acids is 1. The normalized spacial score (nSPS) is 13.5. The number of ether oxygens (including phenoxy) is 1. The Morgan fingerprint density at radius 2 is 1.95 bits per heavy atom. The Labute approximate surface area is 123 Å². The molecule has 1 aromatic carbocycles. The summed E-state index contributed by atoms with van der Waals surface area (Å²) < 4.78 is 5.01. The summed E-state index contributed by atoms with van der Waals surface area (Å²) in [7, 11) is 0. The largest absolute Gasteiger partial charge is 0.480 e. The number of carboxylic acid groups (broad SMARTS) is 1. The van der Waals surface area contributed by atoms with Crippen molar-refractivity contribution in [3.8, 4) is 0 Å². The number of carboxylic acids is 1. The van der Waals surface area contributed by atoms with Crippen LogP contribution in [0.5, 0.6) is 0 Å². The van der Waals surface area contributed by atoms with E-state index >= 15 is 0 Å². The molecule has 20 heavy (non-hydrogen) atoms. The molecular weight excluding hydrogens is 276 g/mol. The maximum absolute atomic E-state index is 12.2. The Bertz CT molecular complexity index is 446. The highest BCUT2D eigenvalue weighted by molar-refractivity contribution is 7.98. The van der Waals surface area contributed by atoms with Crippen molar-refractivity contribution in [3.05, 3.63) is 35.9 Å². The summed E-state index contributed by atoms with van der Waals surface area (Å²) in [6.45, 7) is 1.86. The molecule has 0 saturated carbocycles. The second-order valence-electron chi connectivity index (χ2n) is 4.51. The molecule has 1 atom stereocenters. The van der Waals surface area contributed by atoms with Gasteiger partial charge in [-0.15, -0.1) is 0 Å². The standard InChI is InChI=1S/C15H20O4S/c1-3-19-14(18)15(13(16)17,9-10-20-2)11-12-7-5-4-6-8-12/h4-8H,3,9-11H2,1-2H3,(H,16,17). The molecule has 0 aliphatic heterocycles. The van der Waals surface area contributed by atoms with E-state index in [0.29, 0.717) is 5.75 Å². The predicted octanol–water partition coefficient (Wildman–Crippen LogP) is 2.62. The summed E-state index contributed by atoms with van der Waals surface area (Å²) in [6, 6.07) is 9.19. The molecule has 0 aliphatic rings. The molecule has 0 aliphatic carbocycles. The van der Waals surface area contributed by atoms with Crippen LogP contribution in [0.4, 0.5) is 0 Å². The van der Waals surface area contributed by atoms with Crippen molar-refractivity contribution in [3.63, 3.8) is 0 Å². The van der Waals surface area contributed by atoms with Gasteiger partial charge in [-0.25, -0.2) is 0 Å². The second kappa shape index (κ2) is 7.94. The molecule has 1 rings (SSSR count). The van der Waals surface area contributed by atoms with Crippen LogP contribution in [0.15, 0.2) is 30.3 Å². The van der Waals surface area contributed by atoms with Crippen molar-refractivity contribution >= 4 is 23.7 Å². The van der Waals surface area contributed by atoms with Gasteiger partial charge in [0.25, 0.3) is 0 Å². The van der Waals surface area contributed by atoms with Gasteiger partial charge in [-0.2, -0.15) is 11.8 Å². The van der Waals surface area contributed by atoms with Gasteiger partial charge in [-0.1, -0.05) is 30.3 Å². The molecular formula is C15H20O4S. The average Bonchev–Trinajstić information content (AvgIpc) is 2.44. The van der Waals surface area contributed by atoms with Gasteiger partial charge in [0, 0.05) is 0 Å². The number of hydrogen-bond acceptors (Lipinski definition) is 4. The van der Waals surface area contributed by atoms with Crippen LogP contribution in [0, 0.1) is 5.41 Å². The predicted molar refractivity (Wildman–Crippen MR) is 79.8 cm³/mol. The zero-order valence-electron chi connectivity index (χ0n) is 11.8. The lowest BCUT2D eigenvalue weighted by molar-refractivity contribution is -0.168. The van der Waals surface area contributed by atoms with Crippen LogP contribution in [0.2, 0.25) is 0 Å². The molecule has 1 unspecified atom stereocenters. The average molecular weight is 296 g/mol. The fourth-order valence-electron chi connectivity index (χ4n) is 2.02. The number of thioether (sulfide) groups is 1. The third-order valence-electron chi connectivity index (χ3n) is 3.16. The van der Waals surface area contributed by atoms with Crippen LogP contribution in [-0.2, 0) is 20.7 Å². The SMILES string of the molecule is CCOC(=O)C(CCSC)(Cc1ccccc1)C(=O)O. The van der Waals surface area contributed by atoms with Crippen molar-refractivity contribution in [2.24, 2.45) is 5.41 Å². The number of benzene rings is 1. The minimum atomic E-state index is -1.50. The van der Waals surface area contributed by atoms with E-state index in [4.69, 9.17) is 4.74 Å². The van der Waals surface area contributed by atoms with Gasteiger partial charge in [0.15, 0.2) is 5.41 Å². The molecule has 0 bridgehead atoms. The van der Waals surface area contributed by atoms with Gasteiger partial charge in [-0.05, 0) is 37.3 Å². The lowest BCUT2D eigenvalue weighted by Crippen LogP contribution is -2.43. The molecule has 1 N–H and O–H groups in total. The number of rotatable bonds is 8. The van der Waals surface area contributed by atoms with Crippen molar-refractivity contribution in [2.75, 3.05) is 18.6 Å². The van der Waals surface area contributed by atoms with E-state index in [1.54, 1.807) is 6.92 Å². The van der Waals surface area contributed by atoms with E-state index in [0.717, 1.165) is 5.56 Å². The summed E-state index contributed by atoms with van der Waals surface area (Å²) in [6.07, 6.45) is 2.31. The van der Waals surface area contributed by atoms with Crippen LogP contribution >= 0.6 is 11.8 Å². The van der Waals surface area contributed by atoms with Crippen LogP contribution in [0.3, 0.4) is 0 Å². The molecule has 0 spiro atoms. The zero-order valence-corrected chi connectivity index (χ0v) is 12.6. The maximum Gasteiger partial charge on any atom is 0.323 e. The van der Waals surface area contributed by atoms with Gasteiger partial charge in [0.2, 0.25) is 0 Å². The summed E-state index contributed by atoms with van der Waals surface area (Å²) in [5, 5.41) is 9.60. The molecule has 1 aromatic rings. The molecule has 0 saturated heterocycles. The highest BCUT2D eigenvalue weighted by atomic mass is 32.2. The van der Waals surface area contributed by atoms with Gasteiger partial charge < -0.3 is 9.84 Å². The second-order valence-corrected chi connectivity index (χ2v) is 5.50. The summed E-state index contributed by atoms with van der Waals surface area (Å²) >= 11 is 1.52. The lowest BCUT2D eigenvalue weighted by Gasteiger charge is -2.27. The number of esters is 1. The van der Waals surface area contributed by atoms with E-state index in [1.807, 2.05) is 36.6 Å². The Morgan fingerprint density at radius 1 is 1.30 bits per heavy atom. The Balaban J connectivity index is 3.08. The molecule has 5 heteroatoms. The van der Waals surface area contributed by atoms with Gasteiger partial charge in [0.05, 0.1) is 6.61 Å². The third kappa shape index (κ3) is 4.00. The van der Waals surface area contributed by atoms with Crippen LogP contribution in [-0.4, -0.2) is 35.7 Å². The third-order valence-corrected chi connectivity index (χ3v) is 3.77. The van der Waals surface area contributed by atoms with Crippen LogP contribution in [0.1, 0.15) is 18.9 Å². The summed E-state index contributed by atoms with van der Waals surface area (Å²) in [5.41, 5.74) is -0.676. The maximum atomic E-state index is 12.2. The monoisotopic (exact) mass is 296 g/mol. The molecule has 0 fully saturated rings. The quantitative estimate of drug-likeness (QED) is 0.590. The number of carbonyl (C=O) groups is 2. The Kier molecular flexibility index (Phi) is 6.58. The molecule has 0 aromatic heterocycles. The number of carbonyl (C=O) groups excluding carboxylic acids is 1. The minimum Gasteiger partial charge on any atom is -0.480 e. The van der Waals surface area contributed by atoms with Crippen molar-refractivity contribution in [1.82, 2.24) is 0 Å². The van der Waals surface area contributed by atoms with E-state index in [2.05, 4.69) is 0 Å². The van der Waals surface area contributed by atoms with Crippen molar-refractivity contribution in [1.29, 1.82) is 0 Å². The van der Waals surface area contributed by atoms with Crippen molar-refractivity contribution < 1.29 is 19.4 Å². The fourth-order valence-corrected chi connectivity index (χ4v) is 2.57.